The van der Waals surface area contributed by atoms with Crippen molar-refractivity contribution in [2.24, 2.45) is 0 Å². The Morgan fingerprint density at radius 1 is 1.42 bits per heavy atom. The quantitative estimate of drug-likeness (QED) is 0.663. The second-order valence-electron chi connectivity index (χ2n) is 5.21. The monoisotopic (exact) mass is 281 g/mol. The Kier molecular flexibility index (Phi) is 5.05. The van der Waals surface area contributed by atoms with Gasteiger partial charge in [-0.1, -0.05) is 13.8 Å². The Hall–Kier alpha value is -0.810. The topological polar surface area (TPSA) is 47.0 Å². The van der Waals surface area contributed by atoms with Gasteiger partial charge in [-0.05, 0) is 19.8 Å². The molecular formula is C14H23N3OS. The summed E-state index contributed by atoms with van der Waals surface area (Å²) < 4.78 is 5.67. The lowest BCUT2D eigenvalue weighted by Crippen LogP contribution is -2.10. The number of nitrogens with zero attached hydrogens (tertiary/aromatic N) is 2. The highest BCUT2D eigenvalue weighted by Crippen LogP contribution is 2.29. The zero-order valence-electron chi connectivity index (χ0n) is 12.2. The van der Waals surface area contributed by atoms with E-state index in [9.17, 15) is 0 Å². The molecule has 1 aromatic rings. The number of nitrogens with one attached hydrogen (secondary N) is 1. The predicted octanol–water partition coefficient (Wildman–Crippen LogP) is 3.22. The van der Waals surface area contributed by atoms with Gasteiger partial charge in [-0.2, -0.15) is 0 Å². The van der Waals surface area contributed by atoms with Crippen molar-refractivity contribution in [1.82, 2.24) is 9.97 Å². The first kappa shape index (κ1) is 14.6. The van der Waals surface area contributed by atoms with Gasteiger partial charge < -0.3 is 10.1 Å². The lowest BCUT2D eigenvalue weighted by molar-refractivity contribution is 0.129. The Balaban J connectivity index is 2.14. The van der Waals surface area contributed by atoms with Gasteiger partial charge in [0.15, 0.2) is 0 Å². The standard InChI is InChI=1S/C14H23N3OS/c1-9(2)12-16-13(15-4)10(3)14(17-12)19-8-11-6-5-7-18-11/h9,11H,5-8H2,1-4H3,(H,15,16,17). The van der Waals surface area contributed by atoms with Gasteiger partial charge in [0.2, 0.25) is 0 Å². The van der Waals surface area contributed by atoms with Crippen LogP contribution in [0.3, 0.4) is 0 Å². The number of ether oxygens (including phenoxy) is 1. The molecule has 106 valence electrons. The molecule has 0 radical (unpaired) electrons. The van der Waals surface area contributed by atoms with E-state index in [2.05, 4.69) is 31.1 Å². The summed E-state index contributed by atoms with van der Waals surface area (Å²) >= 11 is 1.79. The largest absolute Gasteiger partial charge is 0.377 e. The van der Waals surface area contributed by atoms with Gasteiger partial charge >= 0.3 is 0 Å². The number of hydrogen-bond acceptors (Lipinski definition) is 5. The van der Waals surface area contributed by atoms with Crippen molar-refractivity contribution in [3.05, 3.63) is 11.4 Å². The lowest BCUT2D eigenvalue weighted by atomic mass is 10.2. The van der Waals surface area contributed by atoms with Gasteiger partial charge in [0, 0.05) is 30.9 Å². The molecule has 1 aliphatic rings. The summed E-state index contributed by atoms with van der Waals surface area (Å²) in [5.74, 6) is 3.17. The molecule has 0 saturated carbocycles. The summed E-state index contributed by atoms with van der Waals surface area (Å²) in [4.78, 5) is 9.26. The number of thioether (sulfide) groups is 1. The van der Waals surface area contributed by atoms with Gasteiger partial charge in [-0.15, -0.1) is 11.8 Å². The van der Waals surface area contributed by atoms with Crippen molar-refractivity contribution in [2.75, 3.05) is 24.7 Å². The van der Waals surface area contributed by atoms with Crippen molar-refractivity contribution in [3.63, 3.8) is 0 Å². The van der Waals surface area contributed by atoms with Crippen molar-refractivity contribution < 1.29 is 4.74 Å². The second-order valence-corrected chi connectivity index (χ2v) is 6.22. The van der Waals surface area contributed by atoms with E-state index in [1.165, 1.54) is 12.8 Å². The zero-order chi connectivity index (χ0) is 13.8. The van der Waals surface area contributed by atoms with Crippen molar-refractivity contribution in [3.8, 4) is 0 Å². The molecule has 0 bridgehead atoms. The Morgan fingerprint density at radius 3 is 2.79 bits per heavy atom. The number of hydrogen-bond donors (Lipinski definition) is 1. The fourth-order valence-electron chi connectivity index (χ4n) is 2.10. The van der Waals surface area contributed by atoms with Crippen molar-refractivity contribution in [1.29, 1.82) is 0 Å². The molecule has 1 unspecified atom stereocenters. The SMILES string of the molecule is CNc1nc(C(C)C)nc(SCC2CCCO2)c1C. The smallest absolute Gasteiger partial charge is 0.134 e. The van der Waals surface area contributed by atoms with E-state index >= 15 is 0 Å². The molecule has 0 aliphatic carbocycles. The van der Waals surface area contributed by atoms with E-state index in [1.54, 1.807) is 11.8 Å². The third-order valence-electron chi connectivity index (χ3n) is 3.30. The molecule has 2 rings (SSSR count). The van der Waals surface area contributed by atoms with Crippen LogP contribution in [-0.2, 0) is 4.74 Å². The summed E-state index contributed by atoms with van der Waals surface area (Å²) in [6, 6.07) is 0. The molecule has 5 heteroatoms. The maximum Gasteiger partial charge on any atom is 0.134 e. The third-order valence-corrected chi connectivity index (χ3v) is 4.51. The first-order chi connectivity index (χ1) is 9.11. The average Bonchev–Trinajstić information content (AvgIpc) is 2.90. The maximum absolute atomic E-state index is 5.67. The number of rotatable bonds is 5. The van der Waals surface area contributed by atoms with Gasteiger partial charge in [-0.3, -0.25) is 0 Å². The van der Waals surface area contributed by atoms with E-state index in [0.29, 0.717) is 12.0 Å². The van der Waals surface area contributed by atoms with E-state index in [0.717, 1.165) is 34.6 Å². The molecule has 1 saturated heterocycles. The van der Waals surface area contributed by atoms with Crippen LogP contribution in [0.1, 0.15) is 44.0 Å². The first-order valence-electron chi connectivity index (χ1n) is 6.92. The highest BCUT2D eigenvalue weighted by molar-refractivity contribution is 7.99. The lowest BCUT2D eigenvalue weighted by Gasteiger charge is -2.14. The minimum Gasteiger partial charge on any atom is -0.377 e. The predicted molar refractivity (Wildman–Crippen MR) is 80.1 cm³/mol. The van der Waals surface area contributed by atoms with Crippen LogP contribution in [0, 0.1) is 6.92 Å². The van der Waals surface area contributed by atoms with Crippen LogP contribution in [0.25, 0.3) is 0 Å². The summed E-state index contributed by atoms with van der Waals surface area (Å²) in [5, 5.41) is 4.25. The van der Waals surface area contributed by atoms with Crippen LogP contribution in [0.2, 0.25) is 0 Å². The number of aromatic nitrogens is 2. The van der Waals surface area contributed by atoms with Crippen LogP contribution in [0.15, 0.2) is 5.03 Å². The fourth-order valence-corrected chi connectivity index (χ4v) is 3.18. The zero-order valence-corrected chi connectivity index (χ0v) is 13.0. The van der Waals surface area contributed by atoms with Crippen LogP contribution in [0.4, 0.5) is 5.82 Å². The van der Waals surface area contributed by atoms with E-state index < -0.39 is 0 Å². The molecule has 4 nitrogen and oxygen atoms in total. The summed E-state index contributed by atoms with van der Waals surface area (Å²) in [7, 11) is 1.91. The highest BCUT2D eigenvalue weighted by atomic mass is 32.2. The molecule has 0 aromatic carbocycles. The Bertz CT molecular complexity index is 431. The summed E-state index contributed by atoms with van der Waals surface area (Å²) in [5.41, 5.74) is 1.13. The molecule has 1 fully saturated rings. The molecule has 0 amide bonds. The van der Waals surface area contributed by atoms with Gasteiger partial charge in [0.1, 0.15) is 16.7 Å². The molecule has 0 spiro atoms. The van der Waals surface area contributed by atoms with Gasteiger partial charge in [-0.25, -0.2) is 9.97 Å². The van der Waals surface area contributed by atoms with Gasteiger partial charge in [0.25, 0.3) is 0 Å². The van der Waals surface area contributed by atoms with Crippen LogP contribution in [0.5, 0.6) is 0 Å². The van der Waals surface area contributed by atoms with Crippen LogP contribution in [-0.4, -0.2) is 35.5 Å². The van der Waals surface area contributed by atoms with E-state index in [-0.39, 0.29) is 0 Å². The second kappa shape index (κ2) is 6.57. The molecule has 2 heterocycles. The Labute approximate surface area is 119 Å². The van der Waals surface area contributed by atoms with Gasteiger partial charge in [0.05, 0.1) is 6.10 Å². The van der Waals surface area contributed by atoms with Crippen LogP contribution >= 0.6 is 11.8 Å². The first-order valence-corrected chi connectivity index (χ1v) is 7.91. The third kappa shape index (κ3) is 3.60. The molecule has 19 heavy (non-hydrogen) atoms. The molecule has 1 aromatic heterocycles. The Morgan fingerprint density at radius 2 is 2.21 bits per heavy atom. The average molecular weight is 281 g/mol. The maximum atomic E-state index is 5.67. The minimum absolute atomic E-state index is 0.342. The fraction of sp³-hybridized carbons (Fsp3) is 0.714. The molecule has 1 aliphatic heterocycles. The summed E-state index contributed by atoms with van der Waals surface area (Å²) in [6.45, 7) is 7.23. The number of anilines is 1. The normalized spacial score (nSPS) is 19.1. The van der Waals surface area contributed by atoms with E-state index in [1.807, 2.05) is 7.05 Å². The van der Waals surface area contributed by atoms with Crippen molar-refractivity contribution in [2.45, 2.75) is 50.7 Å². The molecule has 1 atom stereocenters. The highest BCUT2D eigenvalue weighted by Gasteiger charge is 2.18. The summed E-state index contributed by atoms with van der Waals surface area (Å²) in [6.07, 6.45) is 2.75. The van der Waals surface area contributed by atoms with Crippen LogP contribution < -0.4 is 5.32 Å². The van der Waals surface area contributed by atoms with E-state index in [4.69, 9.17) is 9.72 Å². The van der Waals surface area contributed by atoms with Crippen molar-refractivity contribution >= 4 is 17.6 Å². The minimum atomic E-state index is 0.342. The molecule has 1 N–H and O–H groups in total. The molecular weight excluding hydrogens is 258 g/mol.